The number of nitrogens with zero attached hydrogens (tertiary/aromatic N) is 1. The average Bonchev–Trinajstić information content (AvgIpc) is 2.75. The number of benzene rings is 1. The Morgan fingerprint density at radius 1 is 1.38 bits per heavy atom. The second-order valence-electron chi connectivity index (χ2n) is 3.03. The Balaban J connectivity index is 2.52. The first-order chi connectivity index (χ1) is 7.59. The third-order valence-corrected chi connectivity index (χ3v) is 2.47. The van der Waals surface area contributed by atoms with Crippen LogP contribution < -0.4 is 0 Å². The number of halogens is 2. The Morgan fingerprint density at radius 2 is 2.12 bits per heavy atom. The molecule has 2 aromatic rings. The zero-order valence-electron chi connectivity index (χ0n) is 7.78. The molecule has 0 radical (unpaired) electrons. The van der Waals surface area contributed by atoms with Crippen LogP contribution >= 0.6 is 23.2 Å². The SMILES string of the molecule is O=C(c1cnoc1)c1cc(Cl)cc(Cl)c1O. The van der Waals surface area contributed by atoms with Gasteiger partial charge in [0.2, 0.25) is 5.78 Å². The first-order valence-corrected chi connectivity index (χ1v) is 4.97. The summed E-state index contributed by atoms with van der Waals surface area (Å²) >= 11 is 11.4. The monoisotopic (exact) mass is 257 g/mol. The summed E-state index contributed by atoms with van der Waals surface area (Å²) in [5.74, 6) is -0.764. The fraction of sp³-hybridized carbons (Fsp3) is 0. The molecule has 0 atom stereocenters. The van der Waals surface area contributed by atoms with Crippen LogP contribution in [0.1, 0.15) is 15.9 Å². The van der Waals surface area contributed by atoms with Crippen LogP contribution in [-0.2, 0) is 0 Å². The molecule has 0 bridgehead atoms. The summed E-state index contributed by atoms with van der Waals surface area (Å²) in [6, 6.07) is 2.68. The van der Waals surface area contributed by atoms with Gasteiger partial charge in [0, 0.05) is 5.02 Å². The summed E-state index contributed by atoms with van der Waals surface area (Å²) in [5, 5.41) is 13.3. The van der Waals surface area contributed by atoms with Crippen molar-refractivity contribution in [1.82, 2.24) is 5.16 Å². The molecule has 0 saturated heterocycles. The van der Waals surface area contributed by atoms with E-state index >= 15 is 0 Å². The highest BCUT2D eigenvalue weighted by Gasteiger charge is 2.18. The fourth-order valence-electron chi connectivity index (χ4n) is 1.21. The Kier molecular flexibility index (Phi) is 2.85. The smallest absolute Gasteiger partial charge is 0.201 e. The molecule has 0 saturated carbocycles. The maximum Gasteiger partial charge on any atom is 0.201 e. The Labute approximate surface area is 100 Å². The molecule has 0 spiro atoms. The van der Waals surface area contributed by atoms with Crippen molar-refractivity contribution in [2.45, 2.75) is 0 Å². The van der Waals surface area contributed by atoms with Crippen LogP contribution in [0.15, 0.2) is 29.1 Å². The van der Waals surface area contributed by atoms with Gasteiger partial charge in [-0.2, -0.15) is 0 Å². The van der Waals surface area contributed by atoms with Gasteiger partial charge in [0.15, 0.2) is 0 Å². The van der Waals surface area contributed by atoms with E-state index < -0.39 is 5.78 Å². The van der Waals surface area contributed by atoms with Gasteiger partial charge < -0.3 is 9.63 Å². The molecule has 6 heteroatoms. The molecule has 0 fully saturated rings. The van der Waals surface area contributed by atoms with Crippen molar-refractivity contribution < 1.29 is 14.4 Å². The van der Waals surface area contributed by atoms with Crippen molar-refractivity contribution in [3.8, 4) is 5.75 Å². The van der Waals surface area contributed by atoms with Crippen molar-refractivity contribution in [2.75, 3.05) is 0 Å². The number of hydrogen-bond acceptors (Lipinski definition) is 4. The molecule has 2 rings (SSSR count). The first kappa shape index (κ1) is 11.0. The van der Waals surface area contributed by atoms with Crippen molar-refractivity contribution in [3.63, 3.8) is 0 Å². The molecule has 0 unspecified atom stereocenters. The lowest BCUT2D eigenvalue weighted by molar-refractivity contribution is 0.103. The second kappa shape index (κ2) is 4.15. The second-order valence-corrected chi connectivity index (χ2v) is 3.87. The lowest BCUT2D eigenvalue weighted by Crippen LogP contribution is -2.00. The number of hydrogen-bond donors (Lipinski definition) is 1. The zero-order valence-corrected chi connectivity index (χ0v) is 9.29. The van der Waals surface area contributed by atoms with E-state index in [1.807, 2.05) is 0 Å². The van der Waals surface area contributed by atoms with Crippen molar-refractivity contribution in [2.24, 2.45) is 0 Å². The molecule has 0 aliphatic heterocycles. The molecule has 16 heavy (non-hydrogen) atoms. The Bertz CT molecular complexity index is 537. The molecule has 1 aromatic heterocycles. The minimum atomic E-state index is -0.455. The van der Waals surface area contributed by atoms with E-state index in [9.17, 15) is 9.90 Å². The maximum absolute atomic E-state index is 11.9. The van der Waals surface area contributed by atoms with Crippen LogP contribution in [0.3, 0.4) is 0 Å². The highest BCUT2D eigenvalue weighted by atomic mass is 35.5. The standard InChI is InChI=1S/C10H5Cl2NO3/c11-6-1-7(10(15)8(12)2-6)9(14)5-3-13-16-4-5/h1-4,15H. The zero-order chi connectivity index (χ0) is 11.7. The molecule has 0 aliphatic carbocycles. The molecule has 1 heterocycles. The lowest BCUT2D eigenvalue weighted by atomic mass is 10.1. The number of phenols is 1. The van der Waals surface area contributed by atoms with Gasteiger partial charge in [0.25, 0.3) is 0 Å². The van der Waals surface area contributed by atoms with Crippen molar-refractivity contribution >= 4 is 29.0 Å². The van der Waals surface area contributed by atoms with Gasteiger partial charge in [-0.05, 0) is 12.1 Å². The highest BCUT2D eigenvalue weighted by molar-refractivity contribution is 6.36. The van der Waals surface area contributed by atoms with Crippen molar-refractivity contribution in [1.29, 1.82) is 0 Å². The van der Waals surface area contributed by atoms with E-state index in [4.69, 9.17) is 23.2 Å². The van der Waals surface area contributed by atoms with Crippen LogP contribution in [0, 0.1) is 0 Å². The molecule has 4 nitrogen and oxygen atoms in total. The molecule has 1 N–H and O–H groups in total. The summed E-state index contributed by atoms with van der Waals surface area (Å²) < 4.78 is 4.54. The van der Waals surface area contributed by atoms with Gasteiger partial charge in [-0.25, -0.2) is 0 Å². The number of phenolic OH excluding ortho intramolecular Hbond substituents is 1. The summed E-state index contributed by atoms with van der Waals surface area (Å²) in [7, 11) is 0. The number of carbonyl (C=O) groups excluding carboxylic acids is 1. The van der Waals surface area contributed by atoms with E-state index in [0.717, 1.165) is 0 Å². The fourth-order valence-corrected chi connectivity index (χ4v) is 1.70. The Morgan fingerprint density at radius 3 is 2.75 bits per heavy atom. The van der Waals surface area contributed by atoms with E-state index in [1.54, 1.807) is 0 Å². The van der Waals surface area contributed by atoms with Crippen LogP contribution in [0.25, 0.3) is 0 Å². The topological polar surface area (TPSA) is 63.3 Å². The van der Waals surface area contributed by atoms with Gasteiger partial charge in [-0.3, -0.25) is 4.79 Å². The molecular weight excluding hydrogens is 253 g/mol. The highest BCUT2D eigenvalue weighted by Crippen LogP contribution is 2.32. The summed E-state index contributed by atoms with van der Waals surface area (Å²) in [6.07, 6.45) is 2.42. The molecular formula is C10H5Cl2NO3. The predicted octanol–water partition coefficient (Wildman–Crippen LogP) is 2.92. The molecule has 0 amide bonds. The molecule has 1 aromatic carbocycles. The van der Waals surface area contributed by atoms with Gasteiger partial charge >= 0.3 is 0 Å². The van der Waals surface area contributed by atoms with Gasteiger partial charge in [0.05, 0.1) is 22.3 Å². The maximum atomic E-state index is 11.9. The Hall–Kier alpha value is -1.52. The van der Waals surface area contributed by atoms with Crippen LogP contribution in [0.4, 0.5) is 0 Å². The quantitative estimate of drug-likeness (QED) is 0.841. The van der Waals surface area contributed by atoms with Crippen LogP contribution in [0.5, 0.6) is 5.75 Å². The normalized spacial score (nSPS) is 10.4. The average molecular weight is 258 g/mol. The summed E-state index contributed by atoms with van der Waals surface area (Å²) in [6.45, 7) is 0. The predicted molar refractivity (Wildman–Crippen MR) is 58.1 cm³/mol. The number of aromatic nitrogens is 1. The molecule has 0 aliphatic rings. The number of ketones is 1. The van der Waals surface area contributed by atoms with Crippen LogP contribution in [0.2, 0.25) is 10.0 Å². The van der Waals surface area contributed by atoms with Gasteiger partial charge in [0.1, 0.15) is 12.0 Å². The lowest BCUT2D eigenvalue weighted by Gasteiger charge is -2.04. The summed E-state index contributed by atoms with van der Waals surface area (Å²) in [4.78, 5) is 11.9. The first-order valence-electron chi connectivity index (χ1n) is 4.21. The minimum absolute atomic E-state index is 0.0145. The van der Waals surface area contributed by atoms with E-state index in [0.29, 0.717) is 0 Å². The van der Waals surface area contributed by atoms with E-state index in [1.165, 1.54) is 24.6 Å². The largest absolute Gasteiger partial charge is 0.506 e. The number of rotatable bonds is 2. The summed E-state index contributed by atoms with van der Waals surface area (Å²) in [5.41, 5.74) is 0.231. The third kappa shape index (κ3) is 1.89. The minimum Gasteiger partial charge on any atom is -0.506 e. The van der Waals surface area contributed by atoms with Crippen molar-refractivity contribution in [3.05, 3.63) is 45.8 Å². The van der Waals surface area contributed by atoms with E-state index in [-0.39, 0.29) is 26.9 Å². The third-order valence-electron chi connectivity index (χ3n) is 1.97. The van der Waals surface area contributed by atoms with Crippen LogP contribution in [-0.4, -0.2) is 16.0 Å². The van der Waals surface area contributed by atoms with Gasteiger partial charge in [-0.15, -0.1) is 0 Å². The van der Waals surface area contributed by atoms with E-state index in [2.05, 4.69) is 9.68 Å². The number of carbonyl (C=O) groups is 1. The number of aromatic hydroxyl groups is 1. The van der Waals surface area contributed by atoms with Gasteiger partial charge in [-0.1, -0.05) is 28.4 Å². The molecule has 82 valence electrons.